The summed E-state index contributed by atoms with van der Waals surface area (Å²) in [6.07, 6.45) is 6.14. The molecule has 1 saturated carbocycles. The minimum atomic E-state index is -1.35. The normalized spacial score (nSPS) is 25.4. The molecule has 6 atom stereocenters. The van der Waals surface area contributed by atoms with E-state index in [1.54, 1.807) is 52.3 Å². The van der Waals surface area contributed by atoms with Crippen LogP contribution in [-0.4, -0.2) is 49.6 Å². The molecule has 12 heteroatoms. The smallest absolute Gasteiger partial charge is 0.241 e. The van der Waals surface area contributed by atoms with Crippen LogP contribution in [0.4, 0.5) is 15.8 Å². The lowest BCUT2D eigenvalue weighted by Gasteiger charge is -2.49. The maximum Gasteiger partial charge on any atom is 0.241 e. The Bertz CT molecular complexity index is 2390. The molecular formula is C45H40ClFN2O8. The lowest BCUT2D eigenvalue weighted by Crippen LogP contribution is -2.48. The molecule has 10 nitrogen and oxygen atoms in total. The van der Waals surface area contributed by atoms with E-state index in [0.29, 0.717) is 22.7 Å². The Morgan fingerprint density at radius 3 is 2.30 bits per heavy atom. The van der Waals surface area contributed by atoms with Crippen molar-refractivity contribution in [1.82, 2.24) is 0 Å². The molecule has 0 radical (unpaired) electrons. The third kappa shape index (κ3) is 6.07. The van der Waals surface area contributed by atoms with Crippen LogP contribution in [0.15, 0.2) is 90.5 Å². The number of anilines is 2. The van der Waals surface area contributed by atoms with Crippen molar-refractivity contribution in [2.45, 2.75) is 32.6 Å². The standard InChI is InChI=1S/C45H40ClFN2O8/c1-5-57-38-21-26(10-18-36(38)50)40-30-15-16-31-39(32(30)23-33-42(52)49(44(54)45(33,40)2)28-13-17-35(47)34(46)22-28)43(53)48(41(31)51)27-11-7-24(8-12-27)6-9-25-20-29(55-3)14-19-37(25)56-4/h6-15,17-22,31-33,39-40,50H,5,16,23H2,1-4H3. The van der Waals surface area contributed by atoms with Gasteiger partial charge in [0.1, 0.15) is 17.3 Å². The van der Waals surface area contributed by atoms with Crippen LogP contribution < -0.4 is 24.0 Å². The van der Waals surface area contributed by atoms with Crippen LogP contribution in [0.1, 0.15) is 49.3 Å². The van der Waals surface area contributed by atoms with Gasteiger partial charge in [-0.3, -0.25) is 24.1 Å². The van der Waals surface area contributed by atoms with Crippen molar-refractivity contribution in [3.05, 3.63) is 118 Å². The second-order valence-electron chi connectivity index (χ2n) is 15.0. The molecule has 4 aromatic rings. The van der Waals surface area contributed by atoms with E-state index >= 15 is 0 Å². The van der Waals surface area contributed by atoms with Crippen LogP contribution in [0.5, 0.6) is 23.0 Å². The fourth-order valence-corrected chi connectivity index (χ4v) is 9.57. The summed E-state index contributed by atoms with van der Waals surface area (Å²) >= 11 is 6.13. The van der Waals surface area contributed by atoms with Crippen molar-refractivity contribution < 1.29 is 42.9 Å². The monoisotopic (exact) mass is 790 g/mol. The molecule has 2 aliphatic carbocycles. The number of methoxy groups -OCH3 is 2. The first-order chi connectivity index (χ1) is 27.4. The van der Waals surface area contributed by atoms with Crippen molar-refractivity contribution in [2.24, 2.45) is 29.1 Å². The largest absolute Gasteiger partial charge is 0.504 e. The number of fused-ring (bicyclic) bond motifs is 4. The molecule has 292 valence electrons. The molecule has 3 fully saturated rings. The number of carbonyl (C=O) groups excluding carboxylic acids is 4. The van der Waals surface area contributed by atoms with Crippen molar-refractivity contribution in [2.75, 3.05) is 30.6 Å². The number of phenols is 1. The van der Waals surface area contributed by atoms with Gasteiger partial charge in [0.25, 0.3) is 0 Å². The van der Waals surface area contributed by atoms with Crippen molar-refractivity contribution in [1.29, 1.82) is 0 Å². The molecule has 2 saturated heterocycles. The number of imide groups is 2. The Morgan fingerprint density at radius 1 is 0.842 bits per heavy atom. The van der Waals surface area contributed by atoms with E-state index in [0.717, 1.165) is 27.7 Å². The van der Waals surface area contributed by atoms with E-state index in [1.165, 1.54) is 23.1 Å². The molecular weight excluding hydrogens is 751 g/mol. The highest BCUT2D eigenvalue weighted by atomic mass is 35.5. The Kier molecular flexibility index (Phi) is 9.68. The van der Waals surface area contributed by atoms with Crippen LogP contribution in [-0.2, 0) is 19.2 Å². The first-order valence-electron chi connectivity index (χ1n) is 18.8. The average molecular weight is 791 g/mol. The van der Waals surface area contributed by atoms with E-state index in [4.69, 9.17) is 25.8 Å². The van der Waals surface area contributed by atoms with Gasteiger partial charge in [0, 0.05) is 11.5 Å². The first-order valence-corrected chi connectivity index (χ1v) is 19.2. The van der Waals surface area contributed by atoms with E-state index < -0.39 is 52.6 Å². The van der Waals surface area contributed by atoms with E-state index in [2.05, 4.69) is 0 Å². The molecule has 1 N–H and O–H groups in total. The SMILES string of the molecule is CCOc1cc(C2C3=CCC4C(=O)N(c5ccc(C=Cc6cc(OC)ccc6OC)cc5)C(=O)C4C3CC3C(=O)N(c4ccc(F)c(Cl)c4)C(=O)C32C)ccc1O. The predicted octanol–water partition coefficient (Wildman–Crippen LogP) is 8.21. The molecule has 2 heterocycles. The highest BCUT2D eigenvalue weighted by Gasteiger charge is 2.67. The summed E-state index contributed by atoms with van der Waals surface area (Å²) in [5.41, 5.74) is 2.25. The molecule has 0 bridgehead atoms. The Morgan fingerprint density at radius 2 is 1.60 bits per heavy atom. The third-order valence-corrected chi connectivity index (χ3v) is 12.4. The molecule has 0 spiro atoms. The number of rotatable bonds is 9. The lowest BCUT2D eigenvalue weighted by atomic mass is 9.51. The number of amides is 4. The zero-order valence-electron chi connectivity index (χ0n) is 31.7. The maximum absolute atomic E-state index is 14.7. The van der Waals surface area contributed by atoms with Gasteiger partial charge >= 0.3 is 0 Å². The second-order valence-corrected chi connectivity index (χ2v) is 15.4. The van der Waals surface area contributed by atoms with Crippen molar-refractivity contribution in [3.63, 3.8) is 0 Å². The summed E-state index contributed by atoms with van der Waals surface area (Å²) in [6.45, 7) is 3.81. The van der Waals surface area contributed by atoms with E-state index in [-0.39, 0.29) is 53.5 Å². The van der Waals surface area contributed by atoms with Gasteiger partial charge < -0.3 is 19.3 Å². The number of halogens is 2. The highest BCUT2D eigenvalue weighted by molar-refractivity contribution is 6.32. The molecule has 6 unspecified atom stereocenters. The number of aromatic hydroxyl groups is 1. The van der Waals surface area contributed by atoms with Gasteiger partial charge in [0.15, 0.2) is 11.5 Å². The Balaban J connectivity index is 1.15. The Hall–Kier alpha value is -5.94. The number of hydrogen-bond donors (Lipinski definition) is 1. The number of ether oxygens (including phenoxy) is 3. The lowest BCUT2D eigenvalue weighted by molar-refractivity contribution is -0.131. The molecule has 4 amide bonds. The van der Waals surface area contributed by atoms with Crippen LogP contribution in [0.25, 0.3) is 12.2 Å². The summed E-state index contributed by atoms with van der Waals surface area (Å²) < 4.78 is 30.8. The van der Waals surface area contributed by atoms with E-state index in [9.17, 15) is 28.7 Å². The van der Waals surface area contributed by atoms with Crippen molar-refractivity contribution >= 4 is 58.8 Å². The molecule has 2 aliphatic heterocycles. The fourth-order valence-electron chi connectivity index (χ4n) is 9.39. The minimum absolute atomic E-state index is 0.0857. The van der Waals surface area contributed by atoms with Gasteiger partial charge in [-0.15, -0.1) is 0 Å². The van der Waals surface area contributed by atoms with Gasteiger partial charge in [0.2, 0.25) is 23.6 Å². The van der Waals surface area contributed by atoms with Crippen molar-refractivity contribution in [3.8, 4) is 23.0 Å². The van der Waals surface area contributed by atoms with Gasteiger partial charge in [-0.1, -0.05) is 53.6 Å². The molecule has 8 rings (SSSR count). The number of hydrogen-bond acceptors (Lipinski definition) is 8. The summed E-state index contributed by atoms with van der Waals surface area (Å²) in [6, 6.07) is 21.2. The predicted molar refractivity (Wildman–Crippen MR) is 213 cm³/mol. The molecule has 4 aliphatic rings. The number of phenolic OH excluding ortho intramolecular Hbond substituents is 1. The van der Waals surface area contributed by atoms with E-state index in [1.807, 2.05) is 48.6 Å². The summed E-state index contributed by atoms with van der Waals surface area (Å²) in [4.78, 5) is 60.3. The molecule has 0 aromatic heterocycles. The zero-order valence-corrected chi connectivity index (χ0v) is 32.5. The number of nitrogens with zero attached hydrogens (tertiary/aromatic N) is 2. The quantitative estimate of drug-likeness (QED) is 0.102. The first kappa shape index (κ1) is 38.0. The maximum atomic E-state index is 14.7. The van der Waals surface area contributed by atoms with Crippen LogP contribution in [0.2, 0.25) is 5.02 Å². The Labute approximate surface area is 334 Å². The minimum Gasteiger partial charge on any atom is -0.504 e. The van der Waals surface area contributed by atoms with Gasteiger partial charge in [-0.05, 0) is 104 Å². The summed E-state index contributed by atoms with van der Waals surface area (Å²) in [5, 5.41) is 10.4. The van der Waals surface area contributed by atoms with Crippen LogP contribution in [0.3, 0.4) is 0 Å². The highest BCUT2D eigenvalue weighted by Crippen LogP contribution is 2.64. The van der Waals surface area contributed by atoms with Crippen LogP contribution in [0, 0.1) is 34.9 Å². The topological polar surface area (TPSA) is 123 Å². The van der Waals surface area contributed by atoms with Crippen LogP contribution >= 0.6 is 11.6 Å². The van der Waals surface area contributed by atoms with Gasteiger partial charge in [-0.2, -0.15) is 0 Å². The second kappa shape index (κ2) is 14.5. The number of carbonyl (C=O) groups is 4. The number of allylic oxidation sites excluding steroid dienone is 2. The third-order valence-electron chi connectivity index (χ3n) is 12.1. The fraction of sp³-hybridized carbons (Fsp3) is 0.289. The molecule has 57 heavy (non-hydrogen) atoms. The average Bonchev–Trinajstić information content (AvgIpc) is 3.58. The summed E-state index contributed by atoms with van der Waals surface area (Å²) in [7, 11) is 3.19. The van der Waals surface area contributed by atoms with Gasteiger partial charge in [-0.25, -0.2) is 9.29 Å². The number of benzene rings is 4. The zero-order chi connectivity index (χ0) is 40.3. The molecule has 4 aromatic carbocycles. The van der Waals surface area contributed by atoms with Gasteiger partial charge in [0.05, 0.1) is 60.4 Å². The summed E-state index contributed by atoms with van der Waals surface area (Å²) in [5.74, 6) is -4.55.